The zero-order chi connectivity index (χ0) is 9.35. The second-order valence-electron chi connectivity index (χ2n) is 3.25. The molecule has 0 fully saturated rings. The predicted molar refractivity (Wildman–Crippen MR) is 46.6 cm³/mol. The van der Waals surface area contributed by atoms with Gasteiger partial charge in [0.15, 0.2) is 0 Å². The van der Waals surface area contributed by atoms with E-state index < -0.39 is 5.60 Å². The van der Waals surface area contributed by atoms with Crippen molar-refractivity contribution in [3.8, 4) is 0 Å². The molecule has 0 saturated heterocycles. The molecular weight excluding hydrogens is 154 g/mol. The summed E-state index contributed by atoms with van der Waals surface area (Å²) in [6.45, 7) is 3.81. The van der Waals surface area contributed by atoms with Crippen LogP contribution in [0.4, 0.5) is 0 Å². The van der Waals surface area contributed by atoms with Gasteiger partial charge in [-0.2, -0.15) is 5.10 Å². The van der Waals surface area contributed by atoms with E-state index in [9.17, 15) is 5.11 Å². The fraction of sp³-hybridized carbons (Fsp3) is 0.625. The van der Waals surface area contributed by atoms with Crippen molar-refractivity contribution in [1.29, 1.82) is 0 Å². The molecule has 0 aromatic carbocycles. The Morgan fingerprint density at radius 2 is 2.33 bits per heavy atom. The highest BCUT2D eigenvalue weighted by Crippen LogP contribution is 2.21. The Morgan fingerprint density at radius 3 is 2.67 bits per heavy atom. The number of nitrogens with two attached hydrogens (primary N) is 1. The topological polar surface area (TPSA) is 64.1 Å². The molecule has 4 nitrogen and oxygen atoms in total. The van der Waals surface area contributed by atoms with E-state index in [0.717, 1.165) is 11.3 Å². The van der Waals surface area contributed by atoms with Crippen molar-refractivity contribution in [3.63, 3.8) is 0 Å². The number of aromatic nitrogens is 2. The highest BCUT2D eigenvalue weighted by Gasteiger charge is 2.24. The fourth-order valence-corrected chi connectivity index (χ4v) is 1.14. The van der Waals surface area contributed by atoms with Crippen molar-refractivity contribution >= 4 is 0 Å². The van der Waals surface area contributed by atoms with Crippen LogP contribution in [0, 0.1) is 6.92 Å². The van der Waals surface area contributed by atoms with Crippen LogP contribution < -0.4 is 5.73 Å². The number of aryl methyl sites for hydroxylation is 1. The van der Waals surface area contributed by atoms with Crippen LogP contribution in [0.2, 0.25) is 0 Å². The van der Waals surface area contributed by atoms with E-state index in [4.69, 9.17) is 5.73 Å². The summed E-state index contributed by atoms with van der Waals surface area (Å²) in [5.74, 6) is 0. The highest BCUT2D eigenvalue weighted by atomic mass is 16.3. The molecule has 0 bridgehead atoms. The lowest BCUT2D eigenvalue weighted by atomic mass is 9.97. The minimum atomic E-state index is -0.960. The molecule has 0 aliphatic heterocycles. The molecule has 0 amide bonds. The molecule has 68 valence electrons. The first-order valence-corrected chi connectivity index (χ1v) is 3.90. The smallest absolute Gasteiger partial charge is 0.102 e. The largest absolute Gasteiger partial charge is 0.384 e. The van der Waals surface area contributed by atoms with Crippen molar-refractivity contribution in [2.45, 2.75) is 19.4 Å². The van der Waals surface area contributed by atoms with E-state index in [1.807, 2.05) is 14.0 Å². The summed E-state index contributed by atoms with van der Waals surface area (Å²) in [5, 5.41) is 13.8. The lowest BCUT2D eigenvalue weighted by Crippen LogP contribution is -2.31. The summed E-state index contributed by atoms with van der Waals surface area (Å²) in [7, 11) is 1.84. The molecule has 12 heavy (non-hydrogen) atoms. The number of aliphatic hydroxyl groups is 1. The number of hydrogen-bond donors (Lipinski definition) is 2. The zero-order valence-corrected chi connectivity index (χ0v) is 7.70. The van der Waals surface area contributed by atoms with Gasteiger partial charge in [-0.05, 0) is 13.8 Å². The van der Waals surface area contributed by atoms with Crippen molar-refractivity contribution in [2.24, 2.45) is 12.8 Å². The summed E-state index contributed by atoms with van der Waals surface area (Å²) >= 11 is 0. The number of rotatable bonds is 2. The molecule has 0 spiro atoms. The van der Waals surface area contributed by atoms with E-state index in [1.165, 1.54) is 0 Å². The van der Waals surface area contributed by atoms with Gasteiger partial charge < -0.3 is 10.8 Å². The van der Waals surface area contributed by atoms with Gasteiger partial charge in [0.1, 0.15) is 5.60 Å². The molecule has 0 radical (unpaired) electrons. The predicted octanol–water partition coefficient (Wildman–Crippen LogP) is -0.105. The molecule has 4 heteroatoms. The Balaban J connectivity index is 3.11. The molecule has 0 saturated carbocycles. The van der Waals surface area contributed by atoms with Crippen molar-refractivity contribution in [1.82, 2.24) is 9.78 Å². The first kappa shape index (κ1) is 9.22. The maximum atomic E-state index is 9.81. The molecule has 3 N–H and O–H groups in total. The van der Waals surface area contributed by atoms with Gasteiger partial charge in [0.05, 0.1) is 6.20 Å². The molecule has 1 atom stereocenters. The van der Waals surface area contributed by atoms with Gasteiger partial charge in [0.25, 0.3) is 0 Å². The molecule has 1 aromatic heterocycles. The van der Waals surface area contributed by atoms with Crippen LogP contribution in [0.5, 0.6) is 0 Å². The van der Waals surface area contributed by atoms with Gasteiger partial charge in [-0.15, -0.1) is 0 Å². The molecule has 0 aliphatic carbocycles. The van der Waals surface area contributed by atoms with Crippen LogP contribution in [0.1, 0.15) is 18.2 Å². The van der Waals surface area contributed by atoms with Crippen molar-refractivity contribution in [2.75, 3.05) is 6.54 Å². The summed E-state index contributed by atoms with van der Waals surface area (Å²) in [6, 6.07) is 0. The van der Waals surface area contributed by atoms with E-state index >= 15 is 0 Å². The van der Waals surface area contributed by atoms with Crippen LogP contribution >= 0.6 is 0 Å². The zero-order valence-electron chi connectivity index (χ0n) is 7.70. The van der Waals surface area contributed by atoms with Gasteiger partial charge in [-0.1, -0.05) is 0 Å². The Labute approximate surface area is 72.0 Å². The Kier molecular flexibility index (Phi) is 2.21. The van der Waals surface area contributed by atoms with Crippen LogP contribution in [0.25, 0.3) is 0 Å². The van der Waals surface area contributed by atoms with Crippen LogP contribution in [0.15, 0.2) is 6.20 Å². The summed E-state index contributed by atoms with van der Waals surface area (Å²) in [4.78, 5) is 0. The third kappa shape index (κ3) is 1.35. The van der Waals surface area contributed by atoms with Gasteiger partial charge in [-0.25, -0.2) is 0 Å². The maximum Gasteiger partial charge on any atom is 0.102 e. The standard InChI is InChI=1S/C8H15N3O/c1-6-7(4-10-11(6)3)8(2,12)5-9/h4,12H,5,9H2,1-3H3. The monoisotopic (exact) mass is 169 g/mol. The molecule has 1 heterocycles. The third-order valence-corrected chi connectivity index (χ3v) is 2.21. The minimum Gasteiger partial charge on any atom is -0.384 e. The van der Waals surface area contributed by atoms with Crippen molar-refractivity contribution < 1.29 is 5.11 Å². The average molecular weight is 169 g/mol. The van der Waals surface area contributed by atoms with Gasteiger partial charge in [0, 0.05) is 24.8 Å². The lowest BCUT2D eigenvalue weighted by Gasteiger charge is -2.20. The third-order valence-electron chi connectivity index (χ3n) is 2.21. The Bertz CT molecular complexity index is 278. The second-order valence-corrected chi connectivity index (χ2v) is 3.25. The SMILES string of the molecule is Cc1c(C(C)(O)CN)cnn1C. The van der Waals surface area contributed by atoms with E-state index in [2.05, 4.69) is 5.10 Å². The van der Waals surface area contributed by atoms with Crippen LogP contribution in [-0.4, -0.2) is 21.4 Å². The van der Waals surface area contributed by atoms with Gasteiger partial charge in [-0.3, -0.25) is 4.68 Å². The number of nitrogens with zero attached hydrogens (tertiary/aromatic N) is 2. The fourth-order valence-electron chi connectivity index (χ4n) is 1.14. The summed E-state index contributed by atoms with van der Waals surface area (Å²) < 4.78 is 1.72. The second kappa shape index (κ2) is 2.88. The average Bonchev–Trinajstić information content (AvgIpc) is 2.33. The Hall–Kier alpha value is -0.870. The highest BCUT2D eigenvalue weighted by molar-refractivity contribution is 5.23. The van der Waals surface area contributed by atoms with E-state index in [-0.39, 0.29) is 6.54 Å². The lowest BCUT2D eigenvalue weighted by molar-refractivity contribution is 0.0661. The van der Waals surface area contributed by atoms with E-state index in [0.29, 0.717) is 0 Å². The maximum absolute atomic E-state index is 9.81. The first-order chi connectivity index (χ1) is 5.49. The molecule has 0 aliphatic rings. The summed E-state index contributed by atoms with van der Waals surface area (Å²) in [5.41, 5.74) is 6.22. The molecular formula is C8H15N3O. The molecule has 1 rings (SSSR count). The molecule has 1 unspecified atom stereocenters. The quantitative estimate of drug-likeness (QED) is 0.649. The van der Waals surface area contributed by atoms with Crippen LogP contribution in [0.3, 0.4) is 0 Å². The summed E-state index contributed by atoms with van der Waals surface area (Å²) in [6.07, 6.45) is 1.65. The van der Waals surface area contributed by atoms with Gasteiger partial charge in [0.2, 0.25) is 0 Å². The first-order valence-electron chi connectivity index (χ1n) is 3.90. The minimum absolute atomic E-state index is 0.208. The Morgan fingerprint density at radius 1 is 1.75 bits per heavy atom. The normalized spacial score (nSPS) is 16.1. The van der Waals surface area contributed by atoms with Crippen LogP contribution in [-0.2, 0) is 12.6 Å². The molecule has 1 aromatic rings. The van der Waals surface area contributed by atoms with E-state index in [1.54, 1.807) is 17.8 Å². The number of hydrogen-bond acceptors (Lipinski definition) is 3. The van der Waals surface area contributed by atoms with Gasteiger partial charge >= 0.3 is 0 Å². The van der Waals surface area contributed by atoms with Crippen molar-refractivity contribution in [3.05, 3.63) is 17.5 Å².